The van der Waals surface area contributed by atoms with Gasteiger partial charge < -0.3 is 4.74 Å². The fourth-order valence-corrected chi connectivity index (χ4v) is 5.83. The summed E-state index contributed by atoms with van der Waals surface area (Å²) >= 11 is 0. The van der Waals surface area contributed by atoms with Crippen molar-refractivity contribution < 1.29 is 13.7 Å². The van der Waals surface area contributed by atoms with Crippen LogP contribution in [0.5, 0.6) is 5.75 Å². The molecule has 3 nitrogen and oxygen atoms in total. The Balaban J connectivity index is 1.72. The maximum atomic E-state index is 12.8. The summed E-state index contributed by atoms with van der Waals surface area (Å²) < 4.78 is 17.9. The third kappa shape index (κ3) is 3.27. The summed E-state index contributed by atoms with van der Waals surface area (Å²) in [5, 5.41) is 0.474. The van der Waals surface area contributed by atoms with Crippen LogP contribution in [0.2, 0.25) is 0 Å². The summed E-state index contributed by atoms with van der Waals surface area (Å²) in [7, 11) is -0.715. The SMILES string of the molecule is CCCOc1cccc(C(=O)C2CC3CCCC(C2)S3=O)c1. The van der Waals surface area contributed by atoms with Crippen LogP contribution in [0.3, 0.4) is 0 Å². The van der Waals surface area contributed by atoms with Gasteiger partial charge in [0.15, 0.2) is 5.78 Å². The van der Waals surface area contributed by atoms with E-state index in [1.54, 1.807) is 0 Å². The lowest BCUT2D eigenvalue weighted by Crippen LogP contribution is -2.41. The molecule has 0 saturated carbocycles. The topological polar surface area (TPSA) is 43.4 Å². The number of hydrogen-bond donors (Lipinski definition) is 0. The van der Waals surface area contributed by atoms with Crippen molar-refractivity contribution in [2.45, 2.75) is 55.9 Å². The average Bonchev–Trinajstić information content (AvgIpc) is 2.52. The molecule has 2 aliphatic heterocycles. The molecule has 0 aliphatic carbocycles. The molecule has 1 aromatic carbocycles. The van der Waals surface area contributed by atoms with Crippen LogP contribution in [0.15, 0.2) is 24.3 Å². The van der Waals surface area contributed by atoms with Crippen LogP contribution in [-0.2, 0) is 10.8 Å². The summed E-state index contributed by atoms with van der Waals surface area (Å²) in [5.74, 6) is 1.01. The Morgan fingerprint density at radius 1 is 1.27 bits per heavy atom. The van der Waals surface area contributed by atoms with Crippen molar-refractivity contribution in [1.29, 1.82) is 0 Å². The fourth-order valence-electron chi connectivity index (χ4n) is 3.64. The van der Waals surface area contributed by atoms with Crippen LogP contribution < -0.4 is 4.74 Å². The highest BCUT2D eigenvalue weighted by Gasteiger charge is 2.40. The van der Waals surface area contributed by atoms with Gasteiger partial charge in [-0.25, -0.2) is 0 Å². The molecule has 2 aliphatic rings. The van der Waals surface area contributed by atoms with Crippen molar-refractivity contribution in [3.8, 4) is 5.75 Å². The molecule has 0 spiro atoms. The first-order chi connectivity index (χ1) is 10.7. The lowest BCUT2D eigenvalue weighted by atomic mass is 9.84. The van der Waals surface area contributed by atoms with Crippen LogP contribution >= 0.6 is 0 Å². The lowest BCUT2D eigenvalue weighted by molar-refractivity contribution is 0.0895. The van der Waals surface area contributed by atoms with Gasteiger partial charge in [0.05, 0.1) is 6.61 Å². The Bertz CT molecular complexity index is 553. The Hall–Kier alpha value is -1.16. The van der Waals surface area contributed by atoms with Crippen molar-refractivity contribution in [2.24, 2.45) is 5.92 Å². The first kappa shape index (κ1) is 15.7. The second kappa shape index (κ2) is 6.95. The molecule has 2 saturated heterocycles. The standard InChI is InChI=1S/C18H24O3S/c1-2-9-21-15-6-3-5-13(10-15)18(19)14-11-16-7-4-8-17(12-14)22(16)20/h3,5-6,10,14,16-17H,2,4,7-9,11-12H2,1H3. The number of hydrogen-bond acceptors (Lipinski definition) is 3. The van der Waals surface area contributed by atoms with Crippen molar-refractivity contribution in [3.63, 3.8) is 0 Å². The highest BCUT2D eigenvalue weighted by Crippen LogP contribution is 2.38. The zero-order valence-electron chi connectivity index (χ0n) is 13.1. The fraction of sp³-hybridized carbons (Fsp3) is 0.611. The molecule has 2 bridgehead atoms. The number of Topliss-reactive ketones (excluding diaryl/α,β-unsaturated/α-hetero) is 1. The van der Waals surface area contributed by atoms with E-state index in [1.807, 2.05) is 24.3 Å². The monoisotopic (exact) mass is 320 g/mol. The molecular formula is C18H24O3S. The zero-order valence-corrected chi connectivity index (χ0v) is 13.9. The van der Waals surface area contributed by atoms with E-state index in [4.69, 9.17) is 4.74 Å². The van der Waals surface area contributed by atoms with E-state index in [-0.39, 0.29) is 22.2 Å². The first-order valence-corrected chi connectivity index (χ1v) is 9.63. The molecular weight excluding hydrogens is 296 g/mol. The number of benzene rings is 1. The number of carbonyl (C=O) groups is 1. The Morgan fingerprint density at radius 2 is 2.00 bits per heavy atom. The zero-order chi connectivity index (χ0) is 15.5. The van der Waals surface area contributed by atoms with Gasteiger partial charge in [-0.15, -0.1) is 0 Å². The predicted octanol–water partition coefficient (Wildman–Crippen LogP) is 3.74. The molecule has 2 fully saturated rings. The summed E-state index contributed by atoms with van der Waals surface area (Å²) in [6.45, 7) is 2.74. The maximum absolute atomic E-state index is 12.8. The maximum Gasteiger partial charge on any atom is 0.166 e. The molecule has 2 unspecified atom stereocenters. The molecule has 3 rings (SSSR count). The van der Waals surface area contributed by atoms with Gasteiger partial charge in [0.1, 0.15) is 5.75 Å². The van der Waals surface area contributed by atoms with E-state index in [1.165, 1.54) is 6.42 Å². The molecule has 22 heavy (non-hydrogen) atoms. The molecule has 0 aromatic heterocycles. The number of rotatable bonds is 5. The van der Waals surface area contributed by atoms with Gasteiger partial charge in [0.25, 0.3) is 0 Å². The predicted molar refractivity (Wildman–Crippen MR) is 88.9 cm³/mol. The number of ether oxygens (including phenoxy) is 1. The Labute approximate surface area is 134 Å². The van der Waals surface area contributed by atoms with Gasteiger partial charge in [0.2, 0.25) is 0 Å². The highest BCUT2D eigenvalue weighted by atomic mass is 32.2. The minimum atomic E-state index is -0.715. The van der Waals surface area contributed by atoms with E-state index < -0.39 is 10.8 Å². The number of fused-ring (bicyclic) bond motifs is 2. The lowest BCUT2D eigenvalue weighted by Gasteiger charge is -2.37. The van der Waals surface area contributed by atoms with Crippen LogP contribution in [-0.4, -0.2) is 27.1 Å². The van der Waals surface area contributed by atoms with Crippen molar-refractivity contribution >= 4 is 16.6 Å². The minimum Gasteiger partial charge on any atom is -0.494 e. The van der Waals surface area contributed by atoms with Gasteiger partial charge in [0, 0.05) is 32.8 Å². The molecule has 2 heterocycles. The Morgan fingerprint density at radius 3 is 2.68 bits per heavy atom. The number of carbonyl (C=O) groups excluding carboxylic acids is 1. The quantitative estimate of drug-likeness (QED) is 0.776. The third-order valence-corrected chi connectivity index (χ3v) is 6.94. The van der Waals surface area contributed by atoms with Gasteiger partial charge in [-0.05, 0) is 44.2 Å². The summed E-state index contributed by atoms with van der Waals surface area (Å²) in [6, 6.07) is 7.53. The molecule has 0 N–H and O–H groups in total. The molecule has 1 aromatic rings. The van der Waals surface area contributed by atoms with Gasteiger partial charge in [-0.3, -0.25) is 9.00 Å². The molecule has 4 heteroatoms. The normalized spacial score (nSPS) is 30.8. The third-order valence-electron chi connectivity index (χ3n) is 4.77. The van der Waals surface area contributed by atoms with E-state index >= 15 is 0 Å². The van der Waals surface area contributed by atoms with Crippen molar-refractivity contribution in [2.75, 3.05) is 6.61 Å². The van der Waals surface area contributed by atoms with Gasteiger partial charge in [-0.2, -0.15) is 0 Å². The van der Waals surface area contributed by atoms with Crippen molar-refractivity contribution in [1.82, 2.24) is 0 Å². The van der Waals surface area contributed by atoms with E-state index in [9.17, 15) is 9.00 Å². The van der Waals surface area contributed by atoms with Crippen LogP contribution in [0.4, 0.5) is 0 Å². The number of ketones is 1. The molecule has 120 valence electrons. The summed E-state index contributed by atoms with van der Waals surface area (Å²) in [4.78, 5) is 12.8. The average molecular weight is 320 g/mol. The molecule has 2 atom stereocenters. The van der Waals surface area contributed by atoms with Crippen LogP contribution in [0, 0.1) is 5.92 Å². The largest absolute Gasteiger partial charge is 0.494 e. The van der Waals surface area contributed by atoms with E-state index in [0.717, 1.165) is 43.4 Å². The van der Waals surface area contributed by atoms with E-state index in [0.29, 0.717) is 6.61 Å². The molecule has 0 radical (unpaired) electrons. The Kier molecular flexibility index (Phi) is 4.97. The minimum absolute atomic E-state index is 0.0365. The van der Waals surface area contributed by atoms with Gasteiger partial charge >= 0.3 is 0 Å². The summed E-state index contributed by atoms with van der Waals surface area (Å²) in [6.07, 6.45) is 5.75. The molecule has 0 amide bonds. The second-order valence-corrected chi connectivity index (χ2v) is 8.40. The smallest absolute Gasteiger partial charge is 0.166 e. The second-order valence-electron chi connectivity index (χ2n) is 6.41. The van der Waals surface area contributed by atoms with Crippen LogP contribution in [0.25, 0.3) is 0 Å². The van der Waals surface area contributed by atoms with E-state index in [2.05, 4.69) is 6.92 Å². The van der Waals surface area contributed by atoms with Gasteiger partial charge in [-0.1, -0.05) is 25.5 Å². The first-order valence-electron chi connectivity index (χ1n) is 8.35. The highest BCUT2D eigenvalue weighted by molar-refractivity contribution is 7.86. The van der Waals surface area contributed by atoms with Crippen LogP contribution in [0.1, 0.15) is 55.8 Å². The summed E-state index contributed by atoms with van der Waals surface area (Å²) in [5.41, 5.74) is 0.740. The van der Waals surface area contributed by atoms with Crippen molar-refractivity contribution in [3.05, 3.63) is 29.8 Å².